The van der Waals surface area contributed by atoms with Crippen molar-refractivity contribution in [3.63, 3.8) is 0 Å². The number of nitrogen functional groups attached to an aromatic ring is 1. The highest BCUT2D eigenvalue weighted by Gasteiger charge is 2.08. The monoisotopic (exact) mass is 302 g/mol. The quantitative estimate of drug-likeness (QED) is 0.678. The van der Waals surface area contributed by atoms with Crippen LogP contribution in [0, 0.1) is 6.92 Å². The molecule has 2 aromatic heterocycles. The zero-order valence-electron chi connectivity index (χ0n) is 9.74. The molecule has 90 valence electrons. The molecule has 0 unspecified atom stereocenters. The Morgan fingerprint density at radius 2 is 2.11 bits per heavy atom. The van der Waals surface area contributed by atoms with E-state index in [4.69, 9.17) is 5.73 Å². The molecule has 0 bridgehead atoms. The zero-order valence-corrected chi connectivity index (χ0v) is 11.3. The fraction of sp³-hybridized carbons (Fsp3) is 0.0769. The SMILES string of the molecule is Cc1cc(N)ccc1-c1nc2ncc(Br)cc2[nH]1. The summed E-state index contributed by atoms with van der Waals surface area (Å²) >= 11 is 3.40. The van der Waals surface area contributed by atoms with Gasteiger partial charge in [-0.1, -0.05) is 0 Å². The molecule has 3 rings (SSSR count). The second-order valence-electron chi connectivity index (χ2n) is 4.18. The molecule has 3 aromatic rings. The first kappa shape index (κ1) is 11.2. The highest BCUT2D eigenvalue weighted by Crippen LogP contribution is 2.25. The second-order valence-corrected chi connectivity index (χ2v) is 5.10. The number of benzene rings is 1. The van der Waals surface area contributed by atoms with E-state index in [1.54, 1.807) is 6.20 Å². The molecule has 0 saturated heterocycles. The number of nitrogens with zero attached hydrogens (tertiary/aromatic N) is 2. The molecule has 3 N–H and O–H groups in total. The number of aromatic amines is 1. The lowest BCUT2D eigenvalue weighted by Crippen LogP contribution is -1.89. The number of aryl methyl sites for hydroxylation is 1. The van der Waals surface area contributed by atoms with Crippen molar-refractivity contribution in [2.24, 2.45) is 0 Å². The van der Waals surface area contributed by atoms with Gasteiger partial charge in [-0.2, -0.15) is 0 Å². The van der Waals surface area contributed by atoms with E-state index in [-0.39, 0.29) is 0 Å². The smallest absolute Gasteiger partial charge is 0.178 e. The Morgan fingerprint density at radius 3 is 2.89 bits per heavy atom. The summed E-state index contributed by atoms with van der Waals surface area (Å²) in [7, 11) is 0. The molecule has 4 nitrogen and oxygen atoms in total. The Balaban J connectivity index is 2.19. The Kier molecular flexibility index (Phi) is 2.56. The van der Waals surface area contributed by atoms with Crippen LogP contribution in [0.25, 0.3) is 22.6 Å². The van der Waals surface area contributed by atoms with Gasteiger partial charge in [0, 0.05) is 21.9 Å². The first-order valence-corrected chi connectivity index (χ1v) is 6.30. The number of fused-ring (bicyclic) bond motifs is 1. The van der Waals surface area contributed by atoms with Gasteiger partial charge in [0.2, 0.25) is 0 Å². The Labute approximate surface area is 112 Å². The fourth-order valence-corrected chi connectivity index (χ4v) is 2.29. The number of H-pyrrole nitrogens is 1. The number of pyridine rings is 1. The lowest BCUT2D eigenvalue weighted by molar-refractivity contribution is 1.28. The first-order chi connectivity index (χ1) is 8.63. The predicted octanol–water partition coefficient (Wildman–Crippen LogP) is 3.28. The minimum Gasteiger partial charge on any atom is -0.399 e. The van der Waals surface area contributed by atoms with Gasteiger partial charge in [-0.05, 0) is 52.7 Å². The van der Waals surface area contributed by atoms with Gasteiger partial charge < -0.3 is 10.7 Å². The van der Waals surface area contributed by atoms with E-state index in [1.807, 2.05) is 31.2 Å². The Hall–Kier alpha value is -1.88. The molecule has 0 fully saturated rings. The highest BCUT2D eigenvalue weighted by atomic mass is 79.9. The van der Waals surface area contributed by atoms with E-state index in [9.17, 15) is 0 Å². The predicted molar refractivity (Wildman–Crippen MR) is 76.2 cm³/mol. The van der Waals surface area contributed by atoms with E-state index >= 15 is 0 Å². The normalized spacial score (nSPS) is 11.0. The van der Waals surface area contributed by atoms with Gasteiger partial charge in [0.25, 0.3) is 0 Å². The summed E-state index contributed by atoms with van der Waals surface area (Å²) in [5.41, 5.74) is 10.3. The standard InChI is InChI=1S/C13H11BrN4/c1-7-4-9(15)2-3-10(7)12-17-11-5-8(14)6-16-13(11)18-12/h2-6H,15H2,1H3,(H,16,17,18). The largest absolute Gasteiger partial charge is 0.399 e. The molecular formula is C13H11BrN4. The summed E-state index contributed by atoms with van der Waals surface area (Å²) in [5, 5.41) is 0. The lowest BCUT2D eigenvalue weighted by atomic mass is 10.1. The van der Waals surface area contributed by atoms with Crippen LogP contribution in [0.4, 0.5) is 5.69 Å². The van der Waals surface area contributed by atoms with E-state index in [1.165, 1.54) is 0 Å². The molecule has 0 atom stereocenters. The van der Waals surface area contributed by atoms with Crippen molar-refractivity contribution < 1.29 is 0 Å². The average molecular weight is 303 g/mol. The number of imidazole rings is 1. The van der Waals surface area contributed by atoms with Crippen molar-refractivity contribution in [1.29, 1.82) is 0 Å². The summed E-state index contributed by atoms with van der Waals surface area (Å²) in [4.78, 5) is 12.0. The second kappa shape index (κ2) is 4.10. The van der Waals surface area contributed by atoms with E-state index in [0.29, 0.717) is 5.65 Å². The number of aromatic nitrogens is 3. The molecule has 18 heavy (non-hydrogen) atoms. The third-order valence-electron chi connectivity index (χ3n) is 2.81. The summed E-state index contributed by atoms with van der Waals surface area (Å²) < 4.78 is 0.930. The molecule has 0 amide bonds. The van der Waals surface area contributed by atoms with Crippen molar-refractivity contribution in [3.05, 3.63) is 40.5 Å². The van der Waals surface area contributed by atoms with Gasteiger partial charge >= 0.3 is 0 Å². The van der Waals surface area contributed by atoms with E-state index in [0.717, 1.165) is 32.6 Å². The zero-order chi connectivity index (χ0) is 12.7. The number of hydrogen-bond acceptors (Lipinski definition) is 3. The third-order valence-corrected chi connectivity index (χ3v) is 3.24. The third kappa shape index (κ3) is 1.86. The molecule has 0 spiro atoms. The molecule has 2 heterocycles. The number of nitrogens with two attached hydrogens (primary N) is 1. The van der Waals surface area contributed by atoms with E-state index < -0.39 is 0 Å². The van der Waals surface area contributed by atoms with Gasteiger partial charge in [-0.3, -0.25) is 0 Å². The van der Waals surface area contributed by atoms with Crippen LogP contribution in [-0.2, 0) is 0 Å². The van der Waals surface area contributed by atoms with Gasteiger partial charge in [0.15, 0.2) is 5.65 Å². The van der Waals surface area contributed by atoms with Crippen molar-refractivity contribution in [3.8, 4) is 11.4 Å². The lowest BCUT2D eigenvalue weighted by Gasteiger charge is -2.02. The average Bonchev–Trinajstić information content (AvgIpc) is 2.71. The Morgan fingerprint density at radius 1 is 1.28 bits per heavy atom. The molecule has 1 aromatic carbocycles. The van der Waals surface area contributed by atoms with Crippen LogP contribution in [0.3, 0.4) is 0 Å². The molecule has 0 aliphatic carbocycles. The number of rotatable bonds is 1. The van der Waals surface area contributed by atoms with Crippen LogP contribution < -0.4 is 5.73 Å². The molecule has 0 saturated carbocycles. The van der Waals surface area contributed by atoms with Crippen LogP contribution in [0.2, 0.25) is 0 Å². The molecule has 0 radical (unpaired) electrons. The van der Waals surface area contributed by atoms with Gasteiger partial charge in [0.1, 0.15) is 5.82 Å². The van der Waals surface area contributed by atoms with Gasteiger partial charge in [-0.15, -0.1) is 0 Å². The van der Waals surface area contributed by atoms with Crippen molar-refractivity contribution in [1.82, 2.24) is 15.0 Å². The minimum atomic E-state index is 0.712. The topological polar surface area (TPSA) is 67.6 Å². The van der Waals surface area contributed by atoms with E-state index in [2.05, 4.69) is 30.9 Å². The van der Waals surface area contributed by atoms with Crippen LogP contribution in [0.15, 0.2) is 34.9 Å². The maximum absolute atomic E-state index is 5.75. The summed E-state index contributed by atoms with van der Waals surface area (Å²) in [6.45, 7) is 2.02. The van der Waals surface area contributed by atoms with Crippen molar-refractivity contribution in [2.45, 2.75) is 6.92 Å². The van der Waals surface area contributed by atoms with Crippen LogP contribution in [0.1, 0.15) is 5.56 Å². The summed E-state index contributed by atoms with van der Waals surface area (Å²) in [6.07, 6.45) is 1.74. The first-order valence-electron chi connectivity index (χ1n) is 5.51. The van der Waals surface area contributed by atoms with Crippen LogP contribution >= 0.6 is 15.9 Å². The number of halogens is 1. The van der Waals surface area contributed by atoms with Crippen molar-refractivity contribution >= 4 is 32.8 Å². The maximum atomic E-state index is 5.75. The van der Waals surface area contributed by atoms with Crippen LogP contribution in [-0.4, -0.2) is 15.0 Å². The summed E-state index contributed by atoms with van der Waals surface area (Å²) in [5.74, 6) is 0.813. The van der Waals surface area contributed by atoms with Crippen LogP contribution in [0.5, 0.6) is 0 Å². The molecular weight excluding hydrogens is 292 g/mol. The highest BCUT2D eigenvalue weighted by molar-refractivity contribution is 9.10. The molecule has 5 heteroatoms. The number of nitrogens with one attached hydrogen (secondary N) is 1. The molecule has 0 aliphatic heterocycles. The van der Waals surface area contributed by atoms with Gasteiger partial charge in [-0.25, -0.2) is 9.97 Å². The fourth-order valence-electron chi connectivity index (χ4n) is 1.95. The minimum absolute atomic E-state index is 0.712. The maximum Gasteiger partial charge on any atom is 0.178 e. The summed E-state index contributed by atoms with van der Waals surface area (Å²) in [6, 6.07) is 7.74. The Bertz CT molecular complexity index is 733. The van der Waals surface area contributed by atoms with Gasteiger partial charge in [0.05, 0.1) is 5.52 Å². The van der Waals surface area contributed by atoms with Crippen molar-refractivity contribution in [2.75, 3.05) is 5.73 Å². The number of anilines is 1. The number of hydrogen-bond donors (Lipinski definition) is 2. The molecule has 0 aliphatic rings.